The van der Waals surface area contributed by atoms with Crippen LogP contribution in [0.25, 0.3) is 0 Å². The standard InChI is InChI=1S/C20H22BrN3O3S/c1-12(2)9-10-27-17-8-5-14(21)11-16(17)19(26)24-20(28)23-15-6-3-13(4-7-15)18(22)25/h3-8,11-12H,9-10H2,1-2H3,(H2,22,25)(H2,23,24,26,28). The summed E-state index contributed by atoms with van der Waals surface area (Å²) in [4.78, 5) is 23.8. The van der Waals surface area contributed by atoms with Crippen LogP contribution in [0.1, 0.15) is 41.0 Å². The van der Waals surface area contributed by atoms with Crippen LogP contribution in [0.15, 0.2) is 46.9 Å². The number of ether oxygens (including phenoxy) is 1. The van der Waals surface area contributed by atoms with Crippen LogP contribution < -0.4 is 21.1 Å². The van der Waals surface area contributed by atoms with Crippen LogP contribution >= 0.6 is 28.1 Å². The molecule has 2 aromatic carbocycles. The maximum absolute atomic E-state index is 12.7. The molecule has 2 rings (SSSR count). The molecule has 0 fully saturated rings. The molecule has 0 spiro atoms. The average molecular weight is 464 g/mol. The van der Waals surface area contributed by atoms with Crippen molar-refractivity contribution in [3.05, 3.63) is 58.1 Å². The van der Waals surface area contributed by atoms with Gasteiger partial charge in [-0.05, 0) is 67.0 Å². The van der Waals surface area contributed by atoms with Crippen LogP contribution in [0.5, 0.6) is 5.75 Å². The van der Waals surface area contributed by atoms with E-state index in [9.17, 15) is 9.59 Å². The van der Waals surface area contributed by atoms with E-state index in [1.165, 1.54) is 0 Å². The molecule has 2 amide bonds. The van der Waals surface area contributed by atoms with Crippen LogP contribution in [0.2, 0.25) is 0 Å². The fraction of sp³-hybridized carbons (Fsp3) is 0.250. The molecule has 6 nitrogen and oxygen atoms in total. The van der Waals surface area contributed by atoms with Crippen LogP contribution in [-0.2, 0) is 0 Å². The molecule has 0 radical (unpaired) electrons. The van der Waals surface area contributed by atoms with Crippen molar-refractivity contribution in [2.24, 2.45) is 11.7 Å². The molecular weight excluding hydrogens is 442 g/mol. The fourth-order valence-electron chi connectivity index (χ4n) is 2.26. The minimum atomic E-state index is -0.512. The summed E-state index contributed by atoms with van der Waals surface area (Å²) < 4.78 is 6.53. The fourth-order valence-corrected chi connectivity index (χ4v) is 2.83. The summed E-state index contributed by atoms with van der Waals surface area (Å²) in [6, 6.07) is 11.7. The summed E-state index contributed by atoms with van der Waals surface area (Å²) in [5.41, 5.74) is 6.61. The molecule has 0 aliphatic heterocycles. The number of hydrogen-bond donors (Lipinski definition) is 3. The molecule has 0 atom stereocenters. The zero-order valence-corrected chi connectivity index (χ0v) is 18.0. The molecule has 8 heteroatoms. The van der Waals surface area contributed by atoms with Gasteiger partial charge in [0.05, 0.1) is 12.2 Å². The number of nitrogens with two attached hydrogens (primary N) is 1. The largest absolute Gasteiger partial charge is 0.493 e. The third-order valence-corrected chi connectivity index (χ3v) is 4.49. The van der Waals surface area contributed by atoms with Crippen LogP contribution in [0.4, 0.5) is 5.69 Å². The lowest BCUT2D eigenvalue weighted by molar-refractivity contribution is 0.0971. The Morgan fingerprint density at radius 3 is 2.46 bits per heavy atom. The number of hydrogen-bond acceptors (Lipinski definition) is 4. The van der Waals surface area contributed by atoms with Gasteiger partial charge in [-0.25, -0.2) is 0 Å². The van der Waals surface area contributed by atoms with E-state index in [2.05, 4.69) is 40.4 Å². The Labute approximate surface area is 178 Å². The molecule has 4 N–H and O–H groups in total. The number of thiocarbonyl (C=S) groups is 1. The normalized spacial score (nSPS) is 10.4. The predicted molar refractivity (Wildman–Crippen MR) is 118 cm³/mol. The quantitative estimate of drug-likeness (QED) is 0.537. The van der Waals surface area contributed by atoms with Crippen LogP contribution in [0.3, 0.4) is 0 Å². The topological polar surface area (TPSA) is 93.4 Å². The van der Waals surface area contributed by atoms with Crippen molar-refractivity contribution < 1.29 is 14.3 Å². The number of amides is 2. The van der Waals surface area contributed by atoms with Gasteiger partial charge in [-0.2, -0.15) is 0 Å². The van der Waals surface area contributed by atoms with E-state index < -0.39 is 5.91 Å². The number of anilines is 1. The Bertz CT molecular complexity index is 869. The maximum atomic E-state index is 12.7. The Morgan fingerprint density at radius 2 is 1.86 bits per heavy atom. The van der Waals surface area contributed by atoms with Gasteiger partial charge in [-0.3, -0.25) is 14.9 Å². The first kappa shape index (κ1) is 21.8. The summed E-state index contributed by atoms with van der Waals surface area (Å²) in [5.74, 6) is 0.106. The molecule has 0 heterocycles. The van der Waals surface area contributed by atoms with Crippen LogP contribution in [0, 0.1) is 5.92 Å². The number of carbonyl (C=O) groups excluding carboxylic acids is 2. The Hall–Kier alpha value is -2.45. The van der Waals surface area contributed by atoms with Gasteiger partial charge >= 0.3 is 0 Å². The van der Waals surface area contributed by atoms with E-state index in [-0.39, 0.29) is 11.0 Å². The number of benzene rings is 2. The summed E-state index contributed by atoms with van der Waals surface area (Å²) in [5, 5.41) is 5.66. The average Bonchev–Trinajstić information content (AvgIpc) is 2.62. The zero-order chi connectivity index (χ0) is 20.7. The lowest BCUT2D eigenvalue weighted by atomic mass is 10.1. The van der Waals surface area contributed by atoms with Gasteiger partial charge in [0.25, 0.3) is 5.91 Å². The monoisotopic (exact) mass is 463 g/mol. The Kier molecular flexibility index (Phi) is 7.95. The van der Waals surface area contributed by atoms with Crippen molar-refractivity contribution in [3.8, 4) is 5.75 Å². The lowest BCUT2D eigenvalue weighted by Crippen LogP contribution is -2.34. The lowest BCUT2D eigenvalue weighted by Gasteiger charge is -2.14. The molecular formula is C20H22BrN3O3S. The van der Waals surface area contributed by atoms with Gasteiger partial charge in [0.1, 0.15) is 5.75 Å². The van der Waals surface area contributed by atoms with E-state index in [0.29, 0.717) is 35.1 Å². The maximum Gasteiger partial charge on any atom is 0.261 e. The molecule has 0 aliphatic carbocycles. The molecule has 148 valence electrons. The smallest absolute Gasteiger partial charge is 0.261 e. The molecule has 0 saturated carbocycles. The second-order valence-corrected chi connectivity index (χ2v) is 7.85. The highest BCUT2D eigenvalue weighted by Gasteiger charge is 2.15. The summed E-state index contributed by atoms with van der Waals surface area (Å²) in [6.07, 6.45) is 0.887. The minimum Gasteiger partial charge on any atom is -0.493 e. The zero-order valence-electron chi connectivity index (χ0n) is 15.6. The van der Waals surface area contributed by atoms with Crippen molar-refractivity contribution in [1.82, 2.24) is 5.32 Å². The molecule has 2 aromatic rings. The van der Waals surface area contributed by atoms with Crippen molar-refractivity contribution in [2.75, 3.05) is 11.9 Å². The number of rotatable bonds is 7. The molecule has 28 heavy (non-hydrogen) atoms. The number of carbonyl (C=O) groups is 2. The van der Waals surface area contributed by atoms with Gasteiger partial charge < -0.3 is 15.8 Å². The van der Waals surface area contributed by atoms with E-state index in [1.54, 1.807) is 36.4 Å². The minimum absolute atomic E-state index is 0.130. The Balaban J connectivity index is 2.03. The molecule has 0 aliphatic rings. The van der Waals surface area contributed by atoms with Gasteiger partial charge in [0.2, 0.25) is 5.91 Å². The van der Waals surface area contributed by atoms with E-state index in [0.717, 1.165) is 10.9 Å². The highest BCUT2D eigenvalue weighted by molar-refractivity contribution is 9.10. The third kappa shape index (κ3) is 6.61. The predicted octanol–water partition coefficient (Wildman–Crippen LogP) is 4.10. The first-order valence-electron chi connectivity index (χ1n) is 8.71. The first-order chi connectivity index (χ1) is 13.3. The van der Waals surface area contributed by atoms with Crippen molar-refractivity contribution in [1.29, 1.82) is 0 Å². The summed E-state index contributed by atoms with van der Waals surface area (Å²) in [7, 11) is 0. The number of primary amides is 1. The van der Waals surface area contributed by atoms with Crippen molar-refractivity contribution >= 4 is 50.8 Å². The Morgan fingerprint density at radius 1 is 1.18 bits per heavy atom. The summed E-state index contributed by atoms with van der Waals surface area (Å²) in [6.45, 7) is 4.74. The first-order valence-corrected chi connectivity index (χ1v) is 9.91. The van der Waals surface area contributed by atoms with E-state index >= 15 is 0 Å². The van der Waals surface area contributed by atoms with Crippen molar-refractivity contribution in [2.45, 2.75) is 20.3 Å². The molecule has 0 bridgehead atoms. The van der Waals surface area contributed by atoms with Crippen molar-refractivity contribution in [3.63, 3.8) is 0 Å². The SMILES string of the molecule is CC(C)CCOc1ccc(Br)cc1C(=O)NC(=S)Nc1ccc(C(N)=O)cc1. The van der Waals surface area contributed by atoms with Crippen LogP contribution in [-0.4, -0.2) is 23.5 Å². The van der Waals surface area contributed by atoms with E-state index in [1.807, 2.05) is 6.07 Å². The molecule has 0 saturated heterocycles. The van der Waals surface area contributed by atoms with Gasteiger partial charge in [0.15, 0.2) is 5.11 Å². The second kappa shape index (κ2) is 10.2. The third-order valence-electron chi connectivity index (χ3n) is 3.79. The highest BCUT2D eigenvalue weighted by atomic mass is 79.9. The van der Waals surface area contributed by atoms with Gasteiger partial charge in [0, 0.05) is 15.7 Å². The number of halogens is 1. The molecule has 0 aromatic heterocycles. The van der Waals surface area contributed by atoms with Gasteiger partial charge in [-0.15, -0.1) is 0 Å². The highest BCUT2D eigenvalue weighted by Crippen LogP contribution is 2.24. The second-order valence-electron chi connectivity index (χ2n) is 6.52. The molecule has 0 unspecified atom stereocenters. The van der Waals surface area contributed by atoms with Gasteiger partial charge in [-0.1, -0.05) is 29.8 Å². The number of nitrogens with one attached hydrogen (secondary N) is 2. The van der Waals surface area contributed by atoms with E-state index in [4.69, 9.17) is 22.7 Å². The summed E-state index contributed by atoms with van der Waals surface area (Å²) >= 11 is 8.58.